The molecule has 0 amide bonds. The second-order valence-electron chi connectivity index (χ2n) is 7.33. The maximum Gasteiger partial charge on any atom is 0.174 e. The molecule has 31 heavy (non-hydrogen) atoms. The average molecular weight is 430 g/mol. The van der Waals surface area contributed by atoms with Crippen molar-refractivity contribution in [3.63, 3.8) is 0 Å². The van der Waals surface area contributed by atoms with Crippen molar-refractivity contribution in [2.45, 2.75) is 18.6 Å². The topological polar surface area (TPSA) is 46.0 Å². The summed E-state index contributed by atoms with van der Waals surface area (Å²) >= 11 is 5.68. The Kier molecular flexibility index (Phi) is 5.18. The number of thiocarbonyl (C=S) groups is 1. The van der Waals surface area contributed by atoms with E-state index in [2.05, 4.69) is 19.9 Å². The number of benzene rings is 1. The first-order valence-electron chi connectivity index (χ1n) is 10.0. The molecule has 0 radical (unpaired) electrons. The molecule has 1 aliphatic rings. The predicted octanol–water partition coefficient (Wildman–Crippen LogP) is 4.64. The van der Waals surface area contributed by atoms with Crippen molar-refractivity contribution >= 4 is 23.0 Å². The van der Waals surface area contributed by atoms with Crippen LogP contribution in [0.25, 0.3) is 0 Å². The van der Waals surface area contributed by atoms with Gasteiger partial charge in [0.05, 0.1) is 29.7 Å². The van der Waals surface area contributed by atoms with Gasteiger partial charge in [-0.1, -0.05) is 24.3 Å². The highest BCUT2D eigenvalue weighted by atomic mass is 32.1. The maximum absolute atomic E-state index is 14.8. The minimum Gasteiger partial charge on any atom is -0.351 e. The lowest BCUT2D eigenvalue weighted by Gasteiger charge is -2.29. The molecule has 1 saturated heterocycles. The third-order valence-corrected chi connectivity index (χ3v) is 5.75. The molecule has 7 heteroatoms. The van der Waals surface area contributed by atoms with E-state index in [9.17, 15) is 4.39 Å². The van der Waals surface area contributed by atoms with E-state index in [1.165, 1.54) is 6.07 Å². The quantitative estimate of drug-likeness (QED) is 0.468. The Balaban J connectivity index is 1.62. The molecule has 1 fully saturated rings. The zero-order valence-electron chi connectivity index (χ0n) is 16.6. The van der Waals surface area contributed by atoms with Gasteiger partial charge >= 0.3 is 0 Å². The highest BCUT2D eigenvalue weighted by Crippen LogP contribution is 2.42. The van der Waals surface area contributed by atoms with Crippen LogP contribution in [0.3, 0.4) is 0 Å². The van der Waals surface area contributed by atoms with E-state index in [4.69, 9.17) is 12.2 Å². The van der Waals surface area contributed by atoms with Gasteiger partial charge in [-0.25, -0.2) is 4.39 Å². The molecule has 2 atom stereocenters. The van der Waals surface area contributed by atoms with Crippen LogP contribution in [-0.2, 0) is 6.54 Å². The smallest absolute Gasteiger partial charge is 0.174 e. The summed E-state index contributed by atoms with van der Waals surface area (Å²) in [4.78, 5) is 10.9. The molecule has 1 aromatic carbocycles. The summed E-state index contributed by atoms with van der Waals surface area (Å²) in [5.41, 5.74) is 3.23. The van der Waals surface area contributed by atoms with Crippen LogP contribution >= 0.6 is 12.2 Å². The fraction of sp³-hybridized carbons (Fsp3) is 0.125. The summed E-state index contributed by atoms with van der Waals surface area (Å²) in [7, 11) is 0. The predicted molar refractivity (Wildman–Crippen MR) is 122 cm³/mol. The van der Waals surface area contributed by atoms with Crippen LogP contribution in [-0.4, -0.2) is 19.6 Å². The van der Waals surface area contributed by atoms with Crippen molar-refractivity contribution in [3.05, 3.63) is 114 Å². The summed E-state index contributed by atoms with van der Waals surface area (Å²) in [6, 6.07) is 21.9. The molecule has 0 saturated carbocycles. The molecular weight excluding hydrogens is 409 g/mol. The van der Waals surface area contributed by atoms with E-state index in [0.717, 1.165) is 17.1 Å². The van der Waals surface area contributed by atoms with E-state index in [0.29, 0.717) is 17.3 Å². The fourth-order valence-corrected chi connectivity index (χ4v) is 4.41. The number of aromatic nitrogens is 3. The molecule has 0 bridgehead atoms. The molecule has 1 N–H and O–H groups in total. The third kappa shape index (κ3) is 3.68. The van der Waals surface area contributed by atoms with Gasteiger partial charge in [0, 0.05) is 24.3 Å². The number of anilines is 1. The summed E-state index contributed by atoms with van der Waals surface area (Å²) in [6.45, 7) is 0.604. The Labute approximate surface area is 185 Å². The van der Waals surface area contributed by atoms with Gasteiger partial charge in [-0.05, 0) is 60.7 Å². The van der Waals surface area contributed by atoms with Gasteiger partial charge in [0.2, 0.25) is 0 Å². The van der Waals surface area contributed by atoms with Crippen LogP contribution in [0.2, 0.25) is 0 Å². The highest BCUT2D eigenvalue weighted by Gasteiger charge is 2.42. The number of nitrogens with zero attached hydrogens (tertiary/aromatic N) is 4. The van der Waals surface area contributed by atoms with Gasteiger partial charge in [0.25, 0.3) is 0 Å². The molecule has 5 nitrogen and oxygen atoms in total. The second-order valence-corrected chi connectivity index (χ2v) is 7.72. The minimum atomic E-state index is -0.318. The number of rotatable bonds is 5. The van der Waals surface area contributed by atoms with Crippen LogP contribution in [0.5, 0.6) is 0 Å². The van der Waals surface area contributed by atoms with Gasteiger partial charge in [-0.3, -0.25) is 9.97 Å². The largest absolute Gasteiger partial charge is 0.351 e. The summed E-state index contributed by atoms with van der Waals surface area (Å²) < 4.78 is 17.0. The van der Waals surface area contributed by atoms with Gasteiger partial charge in [-0.2, -0.15) is 0 Å². The first-order chi connectivity index (χ1) is 15.2. The average Bonchev–Trinajstić information content (AvgIpc) is 3.39. The molecule has 2 unspecified atom stereocenters. The van der Waals surface area contributed by atoms with Gasteiger partial charge < -0.3 is 14.8 Å². The Hall–Kier alpha value is -3.58. The normalized spacial score (nSPS) is 18.2. The number of halogens is 1. The summed E-state index contributed by atoms with van der Waals surface area (Å²) in [5, 5.41) is 3.84. The van der Waals surface area contributed by atoms with Crippen LogP contribution in [0.1, 0.15) is 29.2 Å². The Morgan fingerprint density at radius 3 is 2.42 bits per heavy atom. The monoisotopic (exact) mass is 429 g/mol. The summed E-state index contributed by atoms with van der Waals surface area (Å²) in [6.07, 6.45) is 5.56. The molecule has 1 aliphatic heterocycles. The maximum atomic E-state index is 14.8. The van der Waals surface area contributed by atoms with Gasteiger partial charge in [0.1, 0.15) is 11.9 Å². The van der Waals surface area contributed by atoms with E-state index < -0.39 is 0 Å². The summed E-state index contributed by atoms with van der Waals surface area (Å²) in [5.74, 6) is -0.318. The van der Waals surface area contributed by atoms with Crippen molar-refractivity contribution in [1.82, 2.24) is 19.9 Å². The van der Waals surface area contributed by atoms with E-state index >= 15 is 0 Å². The first-order valence-corrected chi connectivity index (χ1v) is 10.4. The molecule has 154 valence electrons. The van der Waals surface area contributed by atoms with Crippen LogP contribution in [0, 0.1) is 5.82 Å². The van der Waals surface area contributed by atoms with Crippen LogP contribution < -0.4 is 10.2 Å². The molecule has 5 rings (SSSR count). The Bertz CT molecular complexity index is 1190. The van der Waals surface area contributed by atoms with Crippen molar-refractivity contribution < 1.29 is 4.39 Å². The minimum absolute atomic E-state index is 0.231. The highest BCUT2D eigenvalue weighted by molar-refractivity contribution is 7.80. The van der Waals surface area contributed by atoms with Crippen LogP contribution in [0.4, 0.5) is 10.1 Å². The van der Waals surface area contributed by atoms with Crippen molar-refractivity contribution in [2.24, 2.45) is 0 Å². The molecule has 4 aromatic rings. The molecule has 0 aliphatic carbocycles. The van der Waals surface area contributed by atoms with E-state index in [-0.39, 0.29) is 17.9 Å². The number of hydrogen-bond acceptors (Lipinski definition) is 3. The first kappa shape index (κ1) is 19.4. The van der Waals surface area contributed by atoms with Gasteiger partial charge in [0.15, 0.2) is 5.11 Å². The van der Waals surface area contributed by atoms with Crippen molar-refractivity contribution in [2.75, 3.05) is 4.90 Å². The number of pyridine rings is 2. The lowest BCUT2D eigenvalue weighted by Crippen LogP contribution is -2.31. The zero-order valence-corrected chi connectivity index (χ0v) is 17.4. The Morgan fingerprint density at radius 1 is 0.903 bits per heavy atom. The van der Waals surface area contributed by atoms with Crippen molar-refractivity contribution in [1.29, 1.82) is 0 Å². The van der Waals surface area contributed by atoms with E-state index in [1.54, 1.807) is 24.5 Å². The third-order valence-electron chi connectivity index (χ3n) is 5.44. The lowest BCUT2D eigenvalue weighted by molar-refractivity contribution is 0.526. The molecule has 3 aromatic heterocycles. The fourth-order valence-electron chi connectivity index (χ4n) is 4.07. The Morgan fingerprint density at radius 2 is 1.68 bits per heavy atom. The SMILES string of the molecule is Fc1ccccc1N1C(=S)NC(c2ccccn2)C1c1cccn1Cc1ccccn1. The number of para-hydroxylation sites is 1. The number of hydrogen-bond donors (Lipinski definition) is 1. The number of nitrogens with one attached hydrogen (secondary N) is 1. The lowest BCUT2D eigenvalue weighted by atomic mass is 10.0. The molecular formula is C24H20FN5S. The molecule has 4 heterocycles. The van der Waals surface area contributed by atoms with Crippen LogP contribution in [0.15, 0.2) is 91.4 Å². The zero-order chi connectivity index (χ0) is 21.2. The van der Waals surface area contributed by atoms with Crippen molar-refractivity contribution in [3.8, 4) is 0 Å². The second kappa shape index (κ2) is 8.28. The van der Waals surface area contributed by atoms with Gasteiger partial charge in [-0.15, -0.1) is 0 Å². The van der Waals surface area contributed by atoms with E-state index in [1.807, 2.05) is 65.7 Å². The standard InChI is InChI=1S/C24H20FN5S/c25-18-9-1-2-11-20(18)30-23(22(28-24(30)31)19-10-4-6-14-27-19)21-12-7-15-29(21)16-17-8-3-5-13-26-17/h1-15,22-23H,16H2,(H,28,31). The molecule has 0 spiro atoms.